The van der Waals surface area contributed by atoms with Gasteiger partial charge in [0.05, 0.1) is 23.7 Å². The van der Waals surface area contributed by atoms with E-state index in [1.807, 2.05) is 0 Å². The van der Waals surface area contributed by atoms with Crippen LogP contribution in [0.4, 0.5) is 5.82 Å². The molecule has 3 amide bonds. The molecule has 38 heavy (non-hydrogen) atoms. The molecule has 5 rings (SSSR count). The molecular formula is C26H24N4O8. The Labute approximate surface area is 215 Å². The number of aromatic nitrogens is 2. The standard InChI is InChI=1S/C26H24N4O8/c31-13-17-20(32)25(36)38-24(17)29-11-10-19(28-26(29)37)27-21(33)18(12-14-6-2-1-3-7-14)30-22(34)15-8-4-5-9-16(15)23(30)35/h1-11,17-18,20,24-25,31-32,36H,12-13H2,(H,27,28,33,37). The number of ether oxygens (including phenoxy) is 1. The summed E-state index contributed by atoms with van der Waals surface area (Å²) in [4.78, 5) is 57.2. The van der Waals surface area contributed by atoms with E-state index in [0.717, 1.165) is 9.47 Å². The fourth-order valence-corrected chi connectivity index (χ4v) is 4.69. The quantitative estimate of drug-likeness (QED) is 0.311. The number of anilines is 1. The number of hydrogen-bond acceptors (Lipinski definition) is 9. The zero-order valence-electron chi connectivity index (χ0n) is 19.9. The van der Waals surface area contributed by atoms with E-state index in [0.29, 0.717) is 5.56 Å². The summed E-state index contributed by atoms with van der Waals surface area (Å²) >= 11 is 0. The highest BCUT2D eigenvalue weighted by atomic mass is 16.6. The molecule has 12 nitrogen and oxygen atoms in total. The minimum Gasteiger partial charge on any atom is -0.396 e. The fourth-order valence-electron chi connectivity index (χ4n) is 4.69. The summed E-state index contributed by atoms with van der Waals surface area (Å²) in [6.07, 6.45) is -2.92. The topological polar surface area (TPSA) is 171 Å². The number of nitrogens with zero attached hydrogens (tertiary/aromatic N) is 3. The normalized spacial score (nSPS) is 23.4. The van der Waals surface area contributed by atoms with Crippen LogP contribution in [-0.2, 0) is 16.0 Å². The van der Waals surface area contributed by atoms with Gasteiger partial charge in [-0.1, -0.05) is 42.5 Å². The molecule has 2 aliphatic heterocycles. The molecule has 1 fully saturated rings. The maximum atomic E-state index is 13.5. The summed E-state index contributed by atoms with van der Waals surface area (Å²) in [5, 5.41) is 31.8. The maximum Gasteiger partial charge on any atom is 0.351 e. The number of nitrogens with one attached hydrogen (secondary N) is 1. The molecule has 1 saturated heterocycles. The lowest BCUT2D eigenvalue weighted by Gasteiger charge is -2.25. The Hall–Kier alpha value is -4.23. The molecule has 196 valence electrons. The van der Waals surface area contributed by atoms with E-state index in [-0.39, 0.29) is 23.4 Å². The minimum atomic E-state index is -1.60. The van der Waals surface area contributed by atoms with Crippen molar-refractivity contribution in [3.8, 4) is 0 Å². The Morgan fingerprint density at radius 2 is 1.61 bits per heavy atom. The third-order valence-electron chi connectivity index (χ3n) is 6.65. The third kappa shape index (κ3) is 4.50. The SMILES string of the molecule is O=C(Nc1ccn(C2OC(O)C(O)C2CO)c(=O)n1)C(Cc1ccccc1)N1C(=O)c2ccccc2C1=O. The van der Waals surface area contributed by atoms with Crippen LogP contribution in [0.25, 0.3) is 0 Å². The molecule has 0 spiro atoms. The summed E-state index contributed by atoms with van der Waals surface area (Å²) in [6, 6.07) is 15.2. The van der Waals surface area contributed by atoms with Gasteiger partial charge in [0.1, 0.15) is 24.2 Å². The van der Waals surface area contributed by atoms with Gasteiger partial charge in [-0.15, -0.1) is 0 Å². The summed E-state index contributed by atoms with van der Waals surface area (Å²) < 4.78 is 6.16. The second kappa shape index (κ2) is 10.3. The monoisotopic (exact) mass is 520 g/mol. The van der Waals surface area contributed by atoms with Gasteiger partial charge in [-0.3, -0.25) is 23.9 Å². The van der Waals surface area contributed by atoms with Crippen molar-refractivity contribution in [1.29, 1.82) is 0 Å². The smallest absolute Gasteiger partial charge is 0.351 e. The Kier molecular flexibility index (Phi) is 6.87. The van der Waals surface area contributed by atoms with Crippen LogP contribution in [0.3, 0.4) is 0 Å². The Morgan fingerprint density at radius 3 is 2.21 bits per heavy atom. The van der Waals surface area contributed by atoms with Crippen LogP contribution in [0.5, 0.6) is 0 Å². The molecule has 0 bridgehead atoms. The van der Waals surface area contributed by atoms with Crippen LogP contribution >= 0.6 is 0 Å². The van der Waals surface area contributed by atoms with Gasteiger partial charge < -0.3 is 25.4 Å². The number of aliphatic hydroxyl groups excluding tert-OH is 3. The highest BCUT2D eigenvalue weighted by molar-refractivity contribution is 6.23. The van der Waals surface area contributed by atoms with Gasteiger partial charge in [0.25, 0.3) is 11.8 Å². The molecular weight excluding hydrogens is 496 g/mol. The molecule has 0 aliphatic carbocycles. The minimum absolute atomic E-state index is 0.0269. The molecule has 2 aliphatic rings. The predicted octanol–water partition coefficient (Wildman–Crippen LogP) is -0.0941. The first kappa shape index (κ1) is 25.4. The first-order chi connectivity index (χ1) is 18.3. The van der Waals surface area contributed by atoms with Crippen LogP contribution in [-0.4, -0.2) is 72.5 Å². The van der Waals surface area contributed by atoms with Crippen molar-refractivity contribution >= 4 is 23.5 Å². The van der Waals surface area contributed by atoms with Gasteiger partial charge in [-0.25, -0.2) is 4.79 Å². The van der Waals surface area contributed by atoms with E-state index in [9.17, 15) is 34.5 Å². The number of fused-ring (bicyclic) bond motifs is 1. The Morgan fingerprint density at radius 1 is 0.974 bits per heavy atom. The van der Waals surface area contributed by atoms with Gasteiger partial charge in [-0.2, -0.15) is 4.98 Å². The van der Waals surface area contributed by atoms with Crippen LogP contribution in [0.15, 0.2) is 71.7 Å². The van der Waals surface area contributed by atoms with Crippen LogP contribution in [0.2, 0.25) is 0 Å². The zero-order valence-corrected chi connectivity index (χ0v) is 19.9. The molecule has 12 heteroatoms. The molecule has 0 radical (unpaired) electrons. The maximum absolute atomic E-state index is 13.5. The van der Waals surface area contributed by atoms with Gasteiger partial charge in [0.15, 0.2) is 6.29 Å². The lowest BCUT2D eigenvalue weighted by Crippen LogP contribution is -2.48. The van der Waals surface area contributed by atoms with Gasteiger partial charge in [0, 0.05) is 12.6 Å². The first-order valence-electron chi connectivity index (χ1n) is 11.8. The van der Waals surface area contributed by atoms with Gasteiger partial charge in [-0.05, 0) is 23.8 Å². The molecule has 5 atom stereocenters. The summed E-state index contributed by atoms with van der Waals surface area (Å²) in [5.74, 6) is -3.06. The first-order valence-corrected chi connectivity index (χ1v) is 11.8. The van der Waals surface area contributed by atoms with Crippen LogP contribution in [0.1, 0.15) is 32.5 Å². The molecule has 1 aromatic heterocycles. The lowest BCUT2D eigenvalue weighted by molar-refractivity contribution is -0.142. The average molecular weight is 520 g/mol. The Bertz CT molecular complexity index is 1410. The summed E-state index contributed by atoms with van der Waals surface area (Å²) in [6.45, 7) is -0.560. The summed E-state index contributed by atoms with van der Waals surface area (Å²) in [5.41, 5.74) is 0.220. The molecule has 4 N–H and O–H groups in total. The van der Waals surface area contributed by atoms with Crippen molar-refractivity contribution in [2.75, 3.05) is 11.9 Å². The van der Waals surface area contributed by atoms with Crippen molar-refractivity contribution < 1.29 is 34.4 Å². The van der Waals surface area contributed by atoms with E-state index < -0.39 is 60.6 Å². The lowest BCUT2D eigenvalue weighted by atomic mass is 10.0. The Balaban J connectivity index is 1.42. The van der Waals surface area contributed by atoms with E-state index in [1.165, 1.54) is 24.4 Å². The number of imide groups is 1. The van der Waals surface area contributed by atoms with E-state index in [2.05, 4.69) is 10.3 Å². The highest BCUT2D eigenvalue weighted by Gasteiger charge is 2.45. The molecule has 3 heterocycles. The van der Waals surface area contributed by atoms with Crippen molar-refractivity contribution in [3.63, 3.8) is 0 Å². The van der Waals surface area contributed by atoms with Crippen LogP contribution < -0.4 is 11.0 Å². The third-order valence-corrected chi connectivity index (χ3v) is 6.65. The molecule has 2 aromatic carbocycles. The average Bonchev–Trinajstić information content (AvgIpc) is 3.34. The number of hydrogen-bond donors (Lipinski definition) is 4. The second-order valence-corrected chi connectivity index (χ2v) is 8.98. The number of amides is 3. The van der Waals surface area contributed by atoms with Gasteiger partial charge in [0.2, 0.25) is 5.91 Å². The second-order valence-electron chi connectivity index (χ2n) is 8.98. The zero-order chi connectivity index (χ0) is 27.0. The predicted molar refractivity (Wildman–Crippen MR) is 131 cm³/mol. The van der Waals surface area contributed by atoms with Crippen molar-refractivity contribution in [1.82, 2.24) is 14.5 Å². The molecule has 0 saturated carbocycles. The van der Waals surface area contributed by atoms with E-state index in [4.69, 9.17) is 4.74 Å². The fraction of sp³-hybridized carbons (Fsp3) is 0.269. The number of carbonyl (C=O) groups is 3. The largest absolute Gasteiger partial charge is 0.396 e. The molecule has 5 unspecified atom stereocenters. The molecule has 3 aromatic rings. The van der Waals surface area contributed by atoms with Crippen molar-refractivity contribution in [3.05, 3.63) is 94.0 Å². The number of aliphatic hydroxyl groups is 3. The van der Waals surface area contributed by atoms with E-state index in [1.54, 1.807) is 42.5 Å². The van der Waals surface area contributed by atoms with Gasteiger partial charge >= 0.3 is 5.69 Å². The summed E-state index contributed by atoms with van der Waals surface area (Å²) in [7, 11) is 0. The highest BCUT2D eigenvalue weighted by Crippen LogP contribution is 2.32. The van der Waals surface area contributed by atoms with Crippen LogP contribution in [0, 0.1) is 5.92 Å². The van der Waals surface area contributed by atoms with E-state index >= 15 is 0 Å². The number of carbonyl (C=O) groups excluding carboxylic acids is 3. The van der Waals surface area contributed by atoms with Crippen molar-refractivity contribution in [2.24, 2.45) is 5.92 Å². The number of benzene rings is 2. The van der Waals surface area contributed by atoms with Crippen molar-refractivity contribution in [2.45, 2.75) is 31.1 Å². The number of rotatable bonds is 7.